The van der Waals surface area contributed by atoms with Crippen molar-refractivity contribution in [2.45, 2.75) is 26.3 Å². The van der Waals surface area contributed by atoms with E-state index in [-0.39, 0.29) is 0 Å². The zero-order valence-electron chi connectivity index (χ0n) is 10.00. The molecule has 86 valence electrons. The molecule has 0 saturated carbocycles. The first-order chi connectivity index (χ1) is 7.69. The monoisotopic (exact) mass is 216 g/mol. The largest absolute Gasteiger partial charge is 0.401 e. The number of hydrogen-bond acceptors (Lipinski definition) is 2. The number of rotatable bonds is 3. The Hall–Kier alpha value is -1.28. The summed E-state index contributed by atoms with van der Waals surface area (Å²) in [6.07, 6.45) is 2.24. The third-order valence-corrected chi connectivity index (χ3v) is 3.20. The zero-order valence-corrected chi connectivity index (χ0v) is 10.00. The van der Waals surface area contributed by atoms with E-state index in [0.717, 1.165) is 38.2 Å². The molecule has 0 saturated heterocycles. The average molecular weight is 216 g/mol. The summed E-state index contributed by atoms with van der Waals surface area (Å²) in [5.41, 5.74) is 10.8. The Balaban J connectivity index is 2.14. The van der Waals surface area contributed by atoms with E-state index >= 15 is 0 Å². The molecule has 1 heterocycles. The number of nitrogens with zero attached hydrogens (tertiary/aromatic N) is 1. The van der Waals surface area contributed by atoms with Gasteiger partial charge in [-0.15, -0.1) is 0 Å². The number of hydrogen-bond donors (Lipinski definition) is 1. The summed E-state index contributed by atoms with van der Waals surface area (Å²) in [6, 6.07) is 6.86. The maximum atomic E-state index is 5.66. The lowest BCUT2D eigenvalue weighted by Gasteiger charge is -2.29. The maximum absolute atomic E-state index is 5.66. The molecule has 0 radical (unpaired) electrons. The third kappa shape index (κ3) is 2.45. The van der Waals surface area contributed by atoms with Crippen LogP contribution in [0, 0.1) is 0 Å². The van der Waals surface area contributed by atoms with Crippen LogP contribution in [0.4, 0.5) is 0 Å². The van der Waals surface area contributed by atoms with Gasteiger partial charge in [-0.3, -0.25) is 4.90 Å². The first kappa shape index (κ1) is 11.2. The van der Waals surface area contributed by atoms with Crippen molar-refractivity contribution in [2.24, 2.45) is 5.73 Å². The van der Waals surface area contributed by atoms with Crippen molar-refractivity contribution in [3.63, 3.8) is 0 Å². The Bertz CT molecular complexity index is 396. The highest BCUT2D eigenvalue weighted by Gasteiger charge is 2.16. The van der Waals surface area contributed by atoms with Gasteiger partial charge in [0, 0.05) is 25.3 Å². The van der Waals surface area contributed by atoms with Gasteiger partial charge in [0.15, 0.2) is 0 Å². The Morgan fingerprint density at radius 3 is 2.94 bits per heavy atom. The van der Waals surface area contributed by atoms with Crippen molar-refractivity contribution >= 4 is 0 Å². The van der Waals surface area contributed by atoms with Gasteiger partial charge in [0.25, 0.3) is 0 Å². The zero-order chi connectivity index (χ0) is 11.5. The lowest BCUT2D eigenvalue weighted by molar-refractivity contribution is 0.275. The number of aryl methyl sites for hydroxylation is 1. The maximum Gasteiger partial charge on any atom is 0.0377 e. The molecule has 1 aliphatic rings. The molecular formula is C14H20N2. The minimum Gasteiger partial charge on any atom is -0.401 e. The van der Waals surface area contributed by atoms with E-state index in [9.17, 15) is 0 Å². The fourth-order valence-electron chi connectivity index (χ4n) is 2.31. The van der Waals surface area contributed by atoms with Gasteiger partial charge in [0.05, 0.1) is 0 Å². The van der Waals surface area contributed by atoms with Crippen LogP contribution in [0.5, 0.6) is 0 Å². The van der Waals surface area contributed by atoms with Crippen molar-refractivity contribution in [1.29, 1.82) is 0 Å². The summed E-state index contributed by atoms with van der Waals surface area (Å²) in [4.78, 5) is 2.37. The summed E-state index contributed by atoms with van der Waals surface area (Å²) in [5, 5.41) is 0. The Morgan fingerprint density at radius 2 is 2.25 bits per heavy atom. The normalized spacial score (nSPS) is 15.8. The molecule has 1 aliphatic heterocycles. The highest BCUT2D eigenvalue weighted by Crippen LogP contribution is 2.20. The number of benzene rings is 1. The van der Waals surface area contributed by atoms with E-state index < -0.39 is 0 Å². The van der Waals surface area contributed by atoms with E-state index in [1.54, 1.807) is 0 Å². The number of fused-ring (bicyclic) bond motifs is 1. The number of nitrogens with two attached hydrogens (primary N) is 1. The summed E-state index contributed by atoms with van der Waals surface area (Å²) in [5.74, 6) is 0. The van der Waals surface area contributed by atoms with E-state index in [0.29, 0.717) is 0 Å². The van der Waals surface area contributed by atoms with Crippen molar-refractivity contribution < 1.29 is 0 Å². The lowest BCUT2D eigenvalue weighted by Crippen LogP contribution is -2.33. The lowest BCUT2D eigenvalue weighted by atomic mass is 9.96. The van der Waals surface area contributed by atoms with Crippen molar-refractivity contribution in [3.8, 4) is 0 Å². The SMILES string of the molecule is C=C(N)CN1CCc2ccc(CC)cc2C1. The molecule has 16 heavy (non-hydrogen) atoms. The first-order valence-electron chi connectivity index (χ1n) is 5.95. The van der Waals surface area contributed by atoms with Gasteiger partial charge in [-0.2, -0.15) is 0 Å². The summed E-state index contributed by atoms with van der Waals surface area (Å²) >= 11 is 0. The molecule has 2 heteroatoms. The molecule has 0 amide bonds. The summed E-state index contributed by atoms with van der Waals surface area (Å²) in [7, 11) is 0. The second-order valence-corrected chi connectivity index (χ2v) is 4.58. The predicted octanol–water partition coefficient (Wildman–Crippen LogP) is 2.08. The van der Waals surface area contributed by atoms with Crippen LogP contribution in [0.15, 0.2) is 30.5 Å². The second kappa shape index (κ2) is 4.71. The van der Waals surface area contributed by atoms with Gasteiger partial charge >= 0.3 is 0 Å². The van der Waals surface area contributed by atoms with Crippen LogP contribution in [0.1, 0.15) is 23.6 Å². The van der Waals surface area contributed by atoms with Crippen molar-refractivity contribution in [2.75, 3.05) is 13.1 Å². The molecule has 0 bridgehead atoms. The van der Waals surface area contributed by atoms with E-state index in [1.165, 1.54) is 16.7 Å². The van der Waals surface area contributed by atoms with Crippen molar-refractivity contribution in [3.05, 3.63) is 47.2 Å². The fourth-order valence-corrected chi connectivity index (χ4v) is 2.31. The Labute approximate surface area is 97.8 Å². The molecule has 1 aromatic rings. The van der Waals surface area contributed by atoms with Gasteiger partial charge in [0.1, 0.15) is 0 Å². The predicted molar refractivity (Wildman–Crippen MR) is 68.1 cm³/mol. The standard InChI is InChI=1S/C14H20N2/c1-3-12-4-5-13-6-7-16(9-11(2)15)10-14(13)8-12/h4-5,8H,2-3,6-7,9-10,15H2,1H3. The second-order valence-electron chi connectivity index (χ2n) is 4.58. The van der Waals surface area contributed by atoms with Gasteiger partial charge in [0.2, 0.25) is 0 Å². The van der Waals surface area contributed by atoms with Crippen molar-refractivity contribution in [1.82, 2.24) is 4.90 Å². The Kier molecular flexibility index (Phi) is 3.30. The van der Waals surface area contributed by atoms with Gasteiger partial charge in [-0.05, 0) is 29.5 Å². The smallest absolute Gasteiger partial charge is 0.0377 e. The molecule has 2 rings (SSSR count). The Morgan fingerprint density at radius 1 is 1.44 bits per heavy atom. The van der Waals surface area contributed by atoms with Gasteiger partial charge in [-0.25, -0.2) is 0 Å². The van der Waals surface area contributed by atoms with Crippen LogP contribution >= 0.6 is 0 Å². The molecule has 0 unspecified atom stereocenters. The first-order valence-corrected chi connectivity index (χ1v) is 5.95. The highest BCUT2D eigenvalue weighted by molar-refractivity contribution is 5.34. The average Bonchev–Trinajstić information content (AvgIpc) is 2.27. The third-order valence-electron chi connectivity index (χ3n) is 3.20. The molecule has 0 spiro atoms. The highest BCUT2D eigenvalue weighted by atomic mass is 15.1. The van der Waals surface area contributed by atoms with Crippen LogP contribution < -0.4 is 5.73 Å². The van der Waals surface area contributed by atoms with E-state index in [4.69, 9.17) is 5.73 Å². The molecule has 0 aromatic heterocycles. The minimum atomic E-state index is 0.759. The molecule has 0 fully saturated rings. The summed E-state index contributed by atoms with van der Waals surface area (Å²) < 4.78 is 0. The summed E-state index contributed by atoms with van der Waals surface area (Å²) in [6.45, 7) is 8.89. The molecule has 2 N–H and O–H groups in total. The molecule has 2 nitrogen and oxygen atoms in total. The van der Waals surface area contributed by atoms with Gasteiger partial charge in [-0.1, -0.05) is 31.7 Å². The van der Waals surface area contributed by atoms with E-state index in [2.05, 4.69) is 36.6 Å². The minimum absolute atomic E-state index is 0.759. The van der Waals surface area contributed by atoms with Crippen LogP contribution in [-0.4, -0.2) is 18.0 Å². The molecule has 0 atom stereocenters. The molecular weight excluding hydrogens is 196 g/mol. The van der Waals surface area contributed by atoms with Crippen LogP contribution in [0.2, 0.25) is 0 Å². The van der Waals surface area contributed by atoms with Crippen LogP contribution in [0.3, 0.4) is 0 Å². The van der Waals surface area contributed by atoms with Gasteiger partial charge < -0.3 is 5.73 Å². The van der Waals surface area contributed by atoms with Crippen LogP contribution in [-0.2, 0) is 19.4 Å². The van der Waals surface area contributed by atoms with Crippen LogP contribution in [0.25, 0.3) is 0 Å². The fraction of sp³-hybridized carbons (Fsp3) is 0.429. The molecule has 0 aliphatic carbocycles. The van der Waals surface area contributed by atoms with E-state index in [1.807, 2.05) is 0 Å². The molecule has 1 aromatic carbocycles. The quantitative estimate of drug-likeness (QED) is 0.838. The topological polar surface area (TPSA) is 29.3 Å².